The van der Waals surface area contributed by atoms with Gasteiger partial charge in [0, 0.05) is 10.7 Å². The molecule has 22 heavy (non-hydrogen) atoms. The van der Waals surface area contributed by atoms with Gasteiger partial charge < -0.3 is 9.47 Å². The van der Waals surface area contributed by atoms with Gasteiger partial charge in [0.05, 0.1) is 14.2 Å². The second-order valence-corrected chi connectivity index (χ2v) is 4.83. The predicted molar refractivity (Wildman–Crippen MR) is 78.1 cm³/mol. The van der Waals surface area contributed by atoms with Crippen molar-refractivity contribution < 1.29 is 44.4 Å². The number of rotatable bonds is 6. The van der Waals surface area contributed by atoms with Crippen molar-refractivity contribution in [1.82, 2.24) is 0 Å². The monoisotopic (exact) mass is 412 g/mol. The first-order valence-electron chi connectivity index (χ1n) is 4.81. The van der Waals surface area contributed by atoms with Gasteiger partial charge >= 0.3 is 23.4 Å². The molecule has 0 aromatic heterocycles. The third-order valence-electron chi connectivity index (χ3n) is 1.51. The standard InChI is InChI=1S/C4H7ClO4S.C4H7FO4S.ClH.FH/c2*1-3(4(6)8-2)9-10(5)7;;/h2*3H,1-2H3;2*1H/t2*3-,10?;;/m00../s1. The summed E-state index contributed by atoms with van der Waals surface area (Å²) < 4.78 is 48.0. The molecule has 0 aliphatic carbocycles. The first-order valence-corrected chi connectivity index (χ1v) is 7.69. The van der Waals surface area contributed by atoms with Crippen LogP contribution in [0.1, 0.15) is 13.8 Å². The maximum atomic E-state index is 11.5. The fourth-order valence-electron chi connectivity index (χ4n) is 0.637. The number of carbonyl (C=O) groups excluding carboxylic acids is 2. The average Bonchev–Trinajstić information content (AvgIpc) is 2.35. The number of carbonyl (C=O) groups is 2. The highest BCUT2D eigenvalue weighted by Crippen LogP contribution is 2.00. The molecule has 0 aromatic carbocycles. The van der Waals surface area contributed by atoms with Gasteiger partial charge in [-0.1, -0.05) is 0 Å². The molecule has 0 N–H and O–H groups in total. The molecule has 0 aromatic rings. The van der Waals surface area contributed by atoms with Crippen LogP contribution in [-0.4, -0.2) is 46.8 Å². The number of halogens is 4. The molecule has 4 atom stereocenters. The van der Waals surface area contributed by atoms with Gasteiger partial charge in [-0.3, -0.25) is 13.1 Å². The number of esters is 2. The highest BCUT2D eigenvalue weighted by Gasteiger charge is 2.16. The van der Waals surface area contributed by atoms with Crippen molar-refractivity contribution >= 4 is 56.8 Å². The zero-order valence-corrected chi connectivity index (χ0v) is 15.0. The summed E-state index contributed by atoms with van der Waals surface area (Å²) in [6, 6.07) is 0. The summed E-state index contributed by atoms with van der Waals surface area (Å²) in [5.41, 5.74) is 0. The van der Waals surface area contributed by atoms with Crippen LogP contribution in [-0.2, 0) is 49.2 Å². The van der Waals surface area contributed by atoms with Crippen LogP contribution in [0.5, 0.6) is 0 Å². The molecule has 0 rings (SSSR count). The van der Waals surface area contributed by atoms with Crippen LogP contribution >= 0.6 is 23.1 Å². The Labute approximate surface area is 141 Å². The molecule has 0 bridgehead atoms. The minimum Gasteiger partial charge on any atom is -0.467 e. The molecule has 0 aliphatic rings. The highest BCUT2D eigenvalue weighted by atomic mass is 35.7. The summed E-state index contributed by atoms with van der Waals surface area (Å²) >= 11 is -2.92. The van der Waals surface area contributed by atoms with E-state index in [1.54, 1.807) is 0 Å². The number of hydrogen-bond acceptors (Lipinski definition) is 8. The molecule has 2 unspecified atom stereocenters. The van der Waals surface area contributed by atoms with Crippen molar-refractivity contribution in [1.29, 1.82) is 0 Å². The first-order chi connectivity index (χ1) is 9.15. The summed E-state index contributed by atoms with van der Waals surface area (Å²) in [5, 5.41) is 0. The smallest absolute Gasteiger partial charge is 0.345 e. The van der Waals surface area contributed by atoms with Crippen molar-refractivity contribution in [2.24, 2.45) is 0 Å². The second kappa shape index (κ2) is 17.0. The van der Waals surface area contributed by atoms with E-state index in [2.05, 4.69) is 17.8 Å². The fourth-order valence-corrected chi connectivity index (χ4v) is 1.58. The lowest BCUT2D eigenvalue weighted by atomic mass is 10.4. The van der Waals surface area contributed by atoms with E-state index in [0.29, 0.717) is 0 Å². The first kappa shape index (κ1) is 29.6. The van der Waals surface area contributed by atoms with E-state index in [-0.39, 0.29) is 17.1 Å². The van der Waals surface area contributed by atoms with Gasteiger partial charge in [-0.25, -0.2) is 13.8 Å². The Kier molecular flexibility index (Phi) is 22.8. The topological polar surface area (TPSA) is 105 Å². The molecule has 0 aliphatic heterocycles. The van der Waals surface area contributed by atoms with E-state index < -0.39 is 45.9 Å². The zero-order chi connectivity index (χ0) is 16.3. The van der Waals surface area contributed by atoms with Crippen LogP contribution in [0.15, 0.2) is 0 Å². The summed E-state index contributed by atoms with van der Waals surface area (Å²) in [6.45, 7) is 2.63. The van der Waals surface area contributed by atoms with Crippen molar-refractivity contribution in [3.05, 3.63) is 0 Å². The van der Waals surface area contributed by atoms with Gasteiger partial charge in [-0.15, -0.1) is 16.3 Å². The van der Waals surface area contributed by atoms with Gasteiger partial charge in [0.25, 0.3) is 10.3 Å². The maximum absolute atomic E-state index is 11.5. The third kappa shape index (κ3) is 17.7. The van der Waals surface area contributed by atoms with Crippen molar-refractivity contribution in [3.8, 4) is 0 Å². The quantitative estimate of drug-likeness (QED) is 0.471. The Morgan fingerprint density at radius 1 is 1.00 bits per heavy atom. The summed E-state index contributed by atoms with van der Waals surface area (Å²) in [5.74, 6) is -1.36. The van der Waals surface area contributed by atoms with Crippen LogP contribution in [0, 0.1) is 0 Å². The number of methoxy groups -OCH3 is 2. The maximum Gasteiger partial charge on any atom is 0.345 e. The lowest BCUT2D eigenvalue weighted by Gasteiger charge is -2.04. The Morgan fingerprint density at radius 2 is 1.32 bits per heavy atom. The normalized spacial score (nSPS) is 14.5. The molecule has 0 amide bonds. The molecule has 0 spiro atoms. The number of hydrogen-bond donors (Lipinski definition) is 0. The lowest BCUT2D eigenvalue weighted by molar-refractivity contribution is -0.148. The molecule has 0 saturated heterocycles. The molecule has 0 heterocycles. The zero-order valence-electron chi connectivity index (χ0n) is 11.8. The van der Waals surface area contributed by atoms with Gasteiger partial charge in [0.1, 0.15) is 0 Å². The summed E-state index contributed by atoms with van der Waals surface area (Å²) in [7, 11) is 5.31. The second-order valence-electron chi connectivity index (χ2n) is 2.91. The summed E-state index contributed by atoms with van der Waals surface area (Å²) in [4.78, 5) is 20.9. The Hall–Kier alpha value is -0.400. The molecule has 0 saturated carbocycles. The summed E-state index contributed by atoms with van der Waals surface area (Å²) in [6.07, 6.45) is -2.01. The Morgan fingerprint density at radius 3 is 1.55 bits per heavy atom. The minimum absolute atomic E-state index is 0. The van der Waals surface area contributed by atoms with E-state index in [4.69, 9.17) is 10.7 Å². The van der Waals surface area contributed by atoms with Gasteiger partial charge in [0.15, 0.2) is 12.2 Å². The molecule has 8 nitrogen and oxygen atoms in total. The van der Waals surface area contributed by atoms with Crippen LogP contribution in [0.3, 0.4) is 0 Å². The van der Waals surface area contributed by atoms with Gasteiger partial charge in [-0.05, 0) is 13.8 Å². The van der Waals surface area contributed by atoms with Crippen LogP contribution < -0.4 is 0 Å². The molecule has 0 radical (unpaired) electrons. The minimum atomic E-state index is -2.92. The largest absolute Gasteiger partial charge is 0.467 e. The third-order valence-corrected chi connectivity index (χ3v) is 2.60. The SMILES string of the molecule is COC(=O)[C@H](C)OS(=O)Cl.COC(=O)[C@H](C)OS(=O)F.Cl.F. The van der Waals surface area contributed by atoms with Crippen molar-refractivity contribution in [2.75, 3.05) is 14.2 Å². The molecular formula is C8H16Cl2F2O8S2. The number of ether oxygens (including phenoxy) is 2. The van der Waals surface area contributed by atoms with Gasteiger partial charge in [-0.2, -0.15) is 4.21 Å². The average molecular weight is 413 g/mol. The van der Waals surface area contributed by atoms with E-state index in [1.165, 1.54) is 21.0 Å². The molecular weight excluding hydrogens is 397 g/mol. The van der Waals surface area contributed by atoms with Crippen LogP contribution in [0.2, 0.25) is 0 Å². The lowest BCUT2D eigenvalue weighted by Crippen LogP contribution is -2.21. The van der Waals surface area contributed by atoms with E-state index >= 15 is 0 Å². The fraction of sp³-hybridized carbons (Fsp3) is 0.750. The Bertz CT molecular complexity index is 340. The van der Waals surface area contributed by atoms with E-state index in [9.17, 15) is 21.9 Å². The highest BCUT2D eigenvalue weighted by molar-refractivity contribution is 8.04. The molecule has 136 valence electrons. The Balaban J connectivity index is -0.000000135. The van der Waals surface area contributed by atoms with Crippen molar-refractivity contribution in [2.45, 2.75) is 26.1 Å². The van der Waals surface area contributed by atoms with Gasteiger partial charge in [0.2, 0.25) is 0 Å². The predicted octanol–water partition coefficient (Wildman–Crippen LogP) is 1.07. The molecule has 0 fully saturated rings. The molecule has 14 heteroatoms. The van der Waals surface area contributed by atoms with Crippen molar-refractivity contribution in [3.63, 3.8) is 0 Å². The van der Waals surface area contributed by atoms with E-state index in [1.807, 2.05) is 0 Å². The van der Waals surface area contributed by atoms with Crippen LogP contribution in [0.25, 0.3) is 0 Å². The van der Waals surface area contributed by atoms with Crippen LogP contribution in [0.4, 0.5) is 8.59 Å². The van der Waals surface area contributed by atoms with E-state index in [0.717, 1.165) is 7.11 Å².